The average Bonchev–Trinajstić information content (AvgIpc) is 2.49. The summed E-state index contributed by atoms with van der Waals surface area (Å²) in [6.45, 7) is 4.39. The average molecular weight is 278 g/mol. The highest BCUT2D eigenvalue weighted by Gasteiger charge is 2.20. The third-order valence-corrected chi connectivity index (χ3v) is 4.08. The van der Waals surface area contributed by atoms with Crippen molar-refractivity contribution in [2.24, 2.45) is 5.92 Å². The summed E-state index contributed by atoms with van der Waals surface area (Å²) >= 11 is 0. The summed E-state index contributed by atoms with van der Waals surface area (Å²) in [6.07, 6.45) is 2.54. The van der Waals surface area contributed by atoms with Crippen molar-refractivity contribution in [3.05, 3.63) is 23.8 Å². The number of rotatable bonds is 6. The zero-order valence-corrected chi connectivity index (χ0v) is 12.8. The molecule has 0 radical (unpaired) electrons. The molecule has 1 heterocycles. The number of ether oxygens (including phenoxy) is 2. The fourth-order valence-corrected chi connectivity index (χ4v) is 2.96. The van der Waals surface area contributed by atoms with Crippen LogP contribution in [0.4, 0.5) is 0 Å². The predicted octanol–water partition coefficient (Wildman–Crippen LogP) is 2.14. The topological polar surface area (TPSA) is 33.7 Å². The van der Waals surface area contributed by atoms with Crippen LogP contribution < -0.4 is 14.8 Å². The summed E-state index contributed by atoms with van der Waals surface area (Å²) in [4.78, 5) is 2.50. The Hall–Kier alpha value is -1.26. The van der Waals surface area contributed by atoms with Gasteiger partial charge in [-0.25, -0.2) is 0 Å². The lowest BCUT2D eigenvalue weighted by molar-refractivity contribution is 0.175. The van der Waals surface area contributed by atoms with E-state index in [1.807, 2.05) is 19.2 Å². The highest BCUT2D eigenvalue weighted by molar-refractivity contribution is 5.46. The van der Waals surface area contributed by atoms with Gasteiger partial charge in [-0.3, -0.25) is 4.90 Å². The van der Waals surface area contributed by atoms with E-state index in [2.05, 4.69) is 16.3 Å². The maximum absolute atomic E-state index is 5.51. The zero-order chi connectivity index (χ0) is 14.4. The van der Waals surface area contributed by atoms with Crippen LogP contribution in [0.3, 0.4) is 0 Å². The molecule has 0 saturated carbocycles. The molecule has 20 heavy (non-hydrogen) atoms. The van der Waals surface area contributed by atoms with E-state index < -0.39 is 0 Å². The van der Waals surface area contributed by atoms with E-state index in [9.17, 15) is 0 Å². The summed E-state index contributed by atoms with van der Waals surface area (Å²) in [5, 5.41) is 3.28. The number of likely N-dealkylation sites (tertiary alicyclic amines) is 1. The molecule has 1 aromatic carbocycles. The maximum atomic E-state index is 5.51. The van der Waals surface area contributed by atoms with Crippen LogP contribution in [-0.2, 0) is 6.54 Å². The van der Waals surface area contributed by atoms with E-state index in [0.717, 1.165) is 43.6 Å². The fourth-order valence-electron chi connectivity index (χ4n) is 2.96. The van der Waals surface area contributed by atoms with Crippen LogP contribution in [0.5, 0.6) is 11.5 Å². The summed E-state index contributed by atoms with van der Waals surface area (Å²) in [7, 11) is 5.43. The Labute approximate surface area is 122 Å². The zero-order valence-electron chi connectivity index (χ0n) is 12.8. The number of methoxy groups -OCH3 is 2. The molecule has 1 fully saturated rings. The molecule has 0 amide bonds. The van der Waals surface area contributed by atoms with Crippen LogP contribution in [0.1, 0.15) is 18.4 Å². The van der Waals surface area contributed by atoms with Crippen molar-refractivity contribution in [2.75, 3.05) is 40.9 Å². The van der Waals surface area contributed by atoms with Gasteiger partial charge in [0.15, 0.2) is 11.5 Å². The standard InChI is InChI=1S/C16H26N2O2/c1-17-11-13-7-9-18(10-8-13)12-14-5-4-6-15(19-2)16(14)20-3/h4-6,13,17H,7-12H2,1-3H3. The van der Waals surface area contributed by atoms with E-state index in [-0.39, 0.29) is 0 Å². The molecular weight excluding hydrogens is 252 g/mol. The number of piperidine rings is 1. The Balaban J connectivity index is 1.97. The Morgan fingerprint density at radius 2 is 1.95 bits per heavy atom. The van der Waals surface area contributed by atoms with Crippen LogP contribution in [-0.4, -0.2) is 45.8 Å². The number of benzene rings is 1. The third-order valence-electron chi connectivity index (χ3n) is 4.08. The number of hydrogen-bond acceptors (Lipinski definition) is 4. The monoisotopic (exact) mass is 278 g/mol. The molecule has 2 rings (SSSR count). The molecule has 0 aliphatic carbocycles. The minimum Gasteiger partial charge on any atom is -0.493 e. The van der Waals surface area contributed by atoms with Gasteiger partial charge in [0, 0.05) is 12.1 Å². The molecule has 4 nitrogen and oxygen atoms in total. The molecule has 0 aromatic heterocycles. The van der Waals surface area contributed by atoms with E-state index >= 15 is 0 Å². The van der Waals surface area contributed by atoms with Gasteiger partial charge in [0.2, 0.25) is 0 Å². The lowest BCUT2D eigenvalue weighted by atomic mass is 9.96. The first-order chi connectivity index (χ1) is 9.78. The van der Waals surface area contributed by atoms with Crippen LogP contribution in [0.15, 0.2) is 18.2 Å². The number of hydrogen-bond donors (Lipinski definition) is 1. The van der Waals surface area contributed by atoms with Crippen molar-refractivity contribution in [1.82, 2.24) is 10.2 Å². The Kier molecular flexibility index (Phi) is 5.68. The molecule has 1 N–H and O–H groups in total. The Morgan fingerprint density at radius 1 is 1.20 bits per heavy atom. The van der Waals surface area contributed by atoms with Crippen molar-refractivity contribution in [2.45, 2.75) is 19.4 Å². The maximum Gasteiger partial charge on any atom is 0.165 e. The van der Waals surface area contributed by atoms with Gasteiger partial charge in [-0.05, 0) is 51.5 Å². The molecule has 0 bridgehead atoms. The first kappa shape index (κ1) is 15.1. The van der Waals surface area contributed by atoms with Crippen molar-refractivity contribution in [3.8, 4) is 11.5 Å². The van der Waals surface area contributed by atoms with Crippen LogP contribution in [0.2, 0.25) is 0 Å². The first-order valence-corrected chi connectivity index (χ1v) is 7.35. The van der Waals surface area contributed by atoms with Gasteiger partial charge >= 0.3 is 0 Å². The molecule has 1 aliphatic heterocycles. The lowest BCUT2D eigenvalue weighted by Gasteiger charge is -2.32. The largest absolute Gasteiger partial charge is 0.493 e. The third kappa shape index (κ3) is 3.64. The summed E-state index contributed by atoms with van der Waals surface area (Å²) in [5.74, 6) is 2.51. The molecule has 0 unspecified atom stereocenters. The second-order valence-electron chi connectivity index (χ2n) is 5.43. The van der Waals surface area contributed by atoms with Gasteiger partial charge in [-0.15, -0.1) is 0 Å². The molecule has 4 heteroatoms. The summed E-state index contributed by atoms with van der Waals surface area (Å²) < 4.78 is 10.9. The number of para-hydroxylation sites is 1. The normalized spacial score (nSPS) is 17.1. The van der Waals surface area contributed by atoms with Gasteiger partial charge in [-0.2, -0.15) is 0 Å². The Morgan fingerprint density at radius 3 is 2.55 bits per heavy atom. The minimum atomic E-state index is 0.815. The smallest absolute Gasteiger partial charge is 0.165 e. The van der Waals surface area contributed by atoms with Crippen LogP contribution >= 0.6 is 0 Å². The summed E-state index contributed by atoms with van der Waals surface area (Å²) in [5.41, 5.74) is 1.21. The van der Waals surface area contributed by atoms with Gasteiger partial charge in [0.05, 0.1) is 14.2 Å². The molecule has 1 aliphatic rings. The molecular formula is C16H26N2O2. The van der Waals surface area contributed by atoms with Crippen molar-refractivity contribution in [3.63, 3.8) is 0 Å². The highest BCUT2D eigenvalue weighted by Crippen LogP contribution is 2.32. The van der Waals surface area contributed by atoms with Gasteiger partial charge in [-0.1, -0.05) is 12.1 Å². The SMILES string of the molecule is CNCC1CCN(Cc2cccc(OC)c2OC)CC1. The van der Waals surface area contributed by atoms with Gasteiger partial charge in [0.25, 0.3) is 0 Å². The predicted molar refractivity (Wildman–Crippen MR) is 81.5 cm³/mol. The molecule has 0 atom stereocenters. The highest BCUT2D eigenvalue weighted by atomic mass is 16.5. The van der Waals surface area contributed by atoms with E-state index in [1.165, 1.54) is 18.4 Å². The van der Waals surface area contributed by atoms with Crippen molar-refractivity contribution < 1.29 is 9.47 Å². The molecule has 112 valence electrons. The second kappa shape index (κ2) is 7.50. The van der Waals surface area contributed by atoms with E-state index in [4.69, 9.17) is 9.47 Å². The molecule has 0 spiro atoms. The molecule has 1 saturated heterocycles. The van der Waals surface area contributed by atoms with Gasteiger partial charge in [0.1, 0.15) is 0 Å². The second-order valence-corrected chi connectivity index (χ2v) is 5.43. The fraction of sp³-hybridized carbons (Fsp3) is 0.625. The molecule has 1 aromatic rings. The van der Waals surface area contributed by atoms with Crippen molar-refractivity contribution >= 4 is 0 Å². The minimum absolute atomic E-state index is 0.815. The first-order valence-electron chi connectivity index (χ1n) is 7.35. The Bertz CT molecular complexity index is 415. The summed E-state index contributed by atoms with van der Waals surface area (Å²) in [6, 6.07) is 6.10. The van der Waals surface area contributed by atoms with E-state index in [1.54, 1.807) is 14.2 Å². The quantitative estimate of drug-likeness (QED) is 0.864. The van der Waals surface area contributed by atoms with Crippen LogP contribution in [0, 0.1) is 5.92 Å². The van der Waals surface area contributed by atoms with Crippen molar-refractivity contribution in [1.29, 1.82) is 0 Å². The lowest BCUT2D eigenvalue weighted by Crippen LogP contribution is -2.36. The number of nitrogens with zero attached hydrogens (tertiary/aromatic N) is 1. The van der Waals surface area contributed by atoms with E-state index in [0.29, 0.717) is 0 Å². The van der Waals surface area contributed by atoms with Crippen LogP contribution in [0.25, 0.3) is 0 Å². The van der Waals surface area contributed by atoms with Gasteiger partial charge < -0.3 is 14.8 Å². The number of nitrogens with one attached hydrogen (secondary N) is 1.